The Morgan fingerprint density at radius 1 is 1.00 bits per heavy atom. The van der Waals surface area contributed by atoms with E-state index >= 15 is 0 Å². The molecule has 0 aromatic heterocycles. The van der Waals surface area contributed by atoms with Crippen LogP contribution in [-0.4, -0.2) is 0 Å². The van der Waals surface area contributed by atoms with E-state index < -0.39 is 11.2 Å². The first kappa shape index (κ1) is 15.7. The standard InChI is InChI=1S/C17H11FN2.C2H6/c1-17(2)14-6-4-3-5-11(14)12-7-10(8-19)16(18)13(9-20)15(12)17;1-2/h3-7H,1-2H3;1-2H3. The van der Waals surface area contributed by atoms with Crippen molar-refractivity contribution in [3.05, 3.63) is 58.4 Å². The Morgan fingerprint density at radius 3 is 2.23 bits per heavy atom. The van der Waals surface area contributed by atoms with Gasteiger partial charge in [-0.3, -0.25) is 0 Å². The Kier molecular flexibility index (Phi) is 4.02. The van der Waals surface area contributed by atoms with Gasteiger partial charge in [-0.1, -0.05) is 52.0 Å². The summed E-state index contributed by atoms with van der Waals surface area (Å²) in [5.74, 6) is -0.713. The van der Waals surface area contributed by atoms with Crippen LogP contribution in [0.5, 0.6) is 0 Å². The number of fused-ring (bicyclic) bond motifs is 3. The van der Waals surface area contributed by atoms with Gasteiger partial charge in [0.25, 0.3) is 0 Å². The molecule has 3 rings (SSSR count). The normalized spacial score (nSPS) is 13.0. The van der Waals surface area contributed by atoms with Gasteiger partial charge in [0.2, 0.25) is 0 Å². The number of benzene rings is 2. The Bertz CT molecular complexity index is 821. The van der Waals surface area contributed by atoms with Crippen molar-refractivity contribution in [3.63, 3.8) is 0 Å². The molecule has 0 amide bonds. The fraction of sp³-hybridized carbons (Fsp3) is 0.263. The maximum atomic E-state index is 14.2. The van der Waals surface area contributed by atoms with Gasteiger partial charge < -0.3 is 0 Å². The summed E-state index contributed by atoms with van der Waals surface area (Å²) in [6.07, 6.45) is 0. The van der Waals surface area contributed by atoms with E-state index in [2.05, 4.69) is 0 Å². The van der Waals surface area contributed by atoms with Crippen LogP contribution in [0.15, 0.2) is 30.3 Å². The molecule has 22 heavy (non-hydrogen) atoms. The van der Waals surface area contributed by atoms with Gasteiger partial charge in [-0.15, -0.1) is 0 Å². The van der Waals surface area contributed by atoms with Crippen molar-refractivity contribution in [2.75, 3.05) is 0 Å². The Labute approximate surface area is 130 Å². The minimum absolute atomic E-state index is 0.0137. The summed E-state index contributed by atoms with van der Waals surface area (Å²) in [7, 11) is 0. The SMILES string of the molecule is CC.CC1(C)c2ccccc2-c2cc(C#N)c(F)c(C#N)c21. The van der Waals surface area contributed by atoms with E-state index in [4.69, 9.17) is 5.26 Å². The smallest absolute Gasteiger partial charge is 0.159 e. The monoisotopic (exact) mass is 292 g/mol. The summed E-state index contributed by atoms with van der Waals surface area (Å²) in [6.45, 7) is 7.95. The van der Waals surface area contributed by atoms with Crippen molar-refractivity contribution in [1.29, 1.82) is 10.5 Å². The molecule has 0 heterocycles. The van der Waals surface area contributed by atoms with E-state index in [1.165, 1.54) is 0 Å². The zero-order valence-electron chi connectivity index (χ0n) is 13.2. The van der Waals surface area contributed by atoms with Gasteiger partial charge in [-0.25, -0.2) is 4.39 Å². The highest BCUT2D eigenvalue weighted by atomic mass is 19.1. The quantitative estimate of drug-likeness (QED) is 0.693. The highest BCUT2D eigenvalue weighted by Crippen LogP contribution is 2.50. The van der Waals surface area contributed by atoms with E-state index in [1.807, 2.05) is 64.1 Å². The van der Waals surface area contributed by atoms with Crippen molar-refractivity contribution >= 4 is 0 Å². The Balaban J connectivity index is 0.000000847. The first-order chi connectivity index (χ1) is 10.5. The fourth-order valence-electron chi connectivity index (χ4n) is 3.10. The van der Waals surface area contributed by atoms with Gasteiger partial charge in [-0.05, 0) is 28.3 Å². The first-order valence-corrected chi connectivity index (χ1v) is 7.29. The Hall–Kier alpha value is -2.65. The summed E-state index contributed by atoms with van der Waals surface area (Å²) in [5.41, 5.74) is 2.97. The summed E-state index contributed by atoms with van der Waals surface area (Å²) in [6, 6.07) is 13.1. The molecule has 0 radical (unpaired) electrons. The molecule has 0 spiro atoms. The first-order valence-electron chi connectivity index (χ1n) is 7.29. The van der Waals surface area contributed by atoms with Crippen LogP contribution in [0.3, 0.4) is 0 Å². The molecular formula is C19H17FN2. The van der Waals surface area contributed by atoms with Crippen LogP contribution < -0.4 is 0 Å². The Morgan fingerprint density at radius 2 is 1.64 bits per heavy atom. The van der Waals surface area contributed by atoms with E-state index in [0.29, 0.717) is 5.56 Å². The predicted octanol–water partition coefficient (Wildman–Crippen LogP) is 4.90. The van der Waals surface area contributed by atoms with Crippen LogP contribution in [0.1, 0.15) is 49.9 Å². The number of rotatable bonds is 0. The van der Waals surface area contributed by atoms with Crippen LogP contribution in [0.2, 0.25) is 0 Å². The van der Waals surface area contributed by atoms with Gasteiger partial charge >= 0.3 is 0 Å². The fourth-order valence-corrected chi connectivity index (χ4v) is 3.10. The molecular weight excluding hydrogens is 275 g/mol. The summed E-state index contributed by atoms with van der Waals surface area (Å²) in [5, 5.41) is 18.4. The lowest BCUT2D eigenvalue weighted by atomic mass is 9.80. The number of halogens is 1. The van der Waals surface area contributed by atoms with Crippen molar-refractivity contribution in [1.82, 2.24) is 0 Å². The maximum Gasteiger partial charge on any atom is 0.159 e. The van der Waals surface area contributed by atoms with Crippen molar-refractivity contribution in [2.24, 2.45) is 0 Å². The van der Waals surface area contributed by atoms with E-state index in [1.54, 1.807) is 6.07 Å². The lowest BCUT2D eigenvalue weighted by molar-refractivity contribution is 0.601. The average molecular weight is 292 g/mol. The van der Waals surface area contributed by atoms with Gasteiger partial charge in [0.05, 0.1) is 11.1 Å². The maximum absolute atomic E-state index is 14.2. The third-order valence-corrected chi connectivity index (χ3v) is 4.01. The van der Waals surface area contributed by atoms with E-state index in [0.717, 1.165) is 16.7 Å². The van der Waals surface area contributed by atoms with Crippen LogP contribution >= 0.6 is 0 Å². The highest BCUT2D eigenvalue weighted by molar-refractivity contribution is 5.84. The third kappa shape index (κ3) is 1.98. The zero-order valence-corrected chi connectivity index (χ0v) is 13.2. The molecule has 0 aliphatic heterocycles. The number of nitriles is 2. The van der Waals surface area contributed by atoms with E-state index in [-0.39, 0.29) is 11.1 Å². The molecule has 0 atom stereocenters. The van der Waals surface area contributed by atoms with Gasteiger partial charge in [0, 0.05) is 5.41 Å². The van der Waals surface area contributed by atoms with Gasteiger partial charge in [-0.2, -0.15) is 10.5 Å². The molecule has 0 fully saturated rings. The predicted molar refractivity (Wildman–Crippen MR) is 84.7 cm³/mol. The second kappa shape index (κ2) is 5.62. The lowest BCUT2D eigenvalue weighted by Crippen LogP contribution is -2.17. The second-order valence-electron chi connectivity index (χ2n) is 5.43. The molecule has 0 saturated heterocycles. The molecule has 2 aromatic carbocycles. The minimum atomic E-state index is -0.713. The van der Waals surface area contributed by atoms with Crippen LogP contribution in [0.25, 0.3) is 11.1 Å². The number of hydrogen-bond acceptors (Lipinski definition) is 2. The van der Waals surface area contributed by atoms with Crippen molar-refractivity contribution in [3.8, 4) is 23.3 Å². The van der Waals surface area contributed by atoms with Crippen LogP contribution in [-0.2, 0) is 5.41 Å². The largest absolute Gasteiger partial charge is 0.204 e. The summed E-state index contributed by atoms with van der Waals surface area (Å²) in [4.78, 5) is 0. The molecule has 0 unspecified atom stereocenters. The van der Waals surface area contributed by atoms with Crippen LogP contribution in [0.4, 0.5) is 4.39 Å². The molecule has 1 aliphatic carbocycles. The van der Waals surface area contributed by atoms with Gasteiger partial charge in [0.1, 0.15) is 12.1 Å². The molecule has 3 heteroatoms. The molecule has 1 aliphatic rings. The second-order valence-corrected chi connectivity index (χ2v) is 5.43. The highest BCUT2D eigenvalue weighted by Gasteiger charge is 2.39. The van der Waals surface area contributed by atoms with Gasteiger partial charge in [0.15, 0.2) is 5.82 Å². The lowest BCUT2D eigenvalue weighted by Gasteiger charge is -2.22. The minimum Gasteiger partial charge on any atom is -0.204 e. The van der Waals surface area contributed by atoms with Crippen LogP contribution in [0, 0.1) is 28.5 Å². The molecule has 0 N–H and O–H groups in total. The molecule has 2 aromatic rings. The topological polar surface area (TPSA) is 47.6 Å². The average Bonchev–Trinajstić information content (AvgIpc) is 2.77. The van der Waals surface area contributed by atoms with Crippen molar-refractivity contribution < 1.29 is 4.39 Å². The summed E-state index contributed by atoms with van der Waals surface area (Å²) >= 11 is 0. The van der Waals surface area contributed by atoms with Crippen molar-refractivity contribution in [2.45, 2.75) is 33.1 Å². The van der Waals surface area contributed by atoms with E-state index in [9.17, 15) is 9.65 Å². The number of nitrogens with zero attached hydrogens (tertiary/aromatic N) is 2. The summed E-state index contributed by atoms with van der Waals surface area (Å²) < 4.78 is 14.2. The molecule has 2 nitrogen and oxygen atoms in total. The molecule has 0 saturated carbocycles. The molecule has 110 valence electrons. The zero-order chi connectivity index (χ0) is 16.5. The third-order valence-electron chi connectivity index (χ3n) is 4.01. The number of hydrogen-bond donors (Lipinski definition) is 0. The molecule has 0 bridgehead atoms.